The van der Waals surface area contributed by atoms with Gasteiger partial charge in [-0.25, -0.2) is 4.79 Å². The summed E-state index contributed by atoms with van der Waals surface area (Å²) in [7, 11) is 1.50. The first-order chi connectivity index (χ1) is 10.0. The van der Waals surface area contributed by atoms with Crippen molar-refractivity contribution in [1.82, 2.24) is 0 Å². The number of hydrogen-bond acceptors (Lipinski definition) is 4. The highest BCUT2D eigenvalue weighted by atomic mass is 16.5. The molecule has 0 radical (unpaired) electrons. The Hall–Kier alpha value is -3.02. The van der Waals surface area contributed by atoms with Gasteiger partial charge in [0.2, 0.25) is 0 Å². The largest absolute Gasteiger partial charge is 0.507 e. The predicted molar refractivity (Wildman–Crippen MR) is 76.0 cm³/mol. The molecular weight excluding hydrogens is 274 g/mol. The molecule has 21 heavy (non-hydrogen) atoms. The zero-order chi connectivity index (χ0) is 15.4. The van der Waals surface area contributed by atoms with Gasteiger partial charge in [-0.15, -0.1) is 0 Å². The number of aromatic hydroxyl groups is 1. The summed E-state index contributed by atoms with van der Waals surface area (Å²) < 4.78 is 5.03. The molecule has 0 atom stereocenters. The fourth-order valence-electron chi connectivity index (χ4n) is 1.76. The first kappa shape index (κ1) is 14.4. The summed E-state index contributed by atoms with van der Waals surface area (Å²) in [5.74, 6) is -1.49. The second-order valence-corrected chi connectivity index (χ2v) is 4.22. The van der Waals surface area contributed by atoms with E-state index < -0.39 is 17.6 Å². The molecule has 0 saturated carbocycles. The maximum absolute atomic E-state index is 12.0. The normalized spacial score (nSPS) is 9.95. The van der Waals surface area contributed by atoms with Crippen molar-refractivity contribution < 1.29 is 24.5 Å². The van der Waals surface area contributed by atoms with Crippen molar-refractivity contribution in [3.05, 3.63) is 53.6 Å². The summed E-state index contributed by atoms with van der Waals surface area (Å²) in [4.78, 5) is 22.8. The molecule has 108 valence electrons. The molecule has 0 bridgehead atoms. The molecule has 3 N–H and O–H groups in total. The standard InChI is InChI=1S/C15H13NO5/c1-21-11-4-2-3-9(7-11)14(18)16-10-5-6-12(15(19)20)13(17)8-10/h2-8,17H,1H3,(H,16,18)(H,19,20). The van der Waals surface area contributed by atoms with Gasteiger partial charge in [-0.1, -0.05) is 6.07 Å². The number of nitrogens with one attached hydrogen (secondary N) is 1. The Kier molecular flexibility index (Phi) is 4.08. The van der Waals surface area contributed by atoms with Crippen LogP contribution in [0.4, 0.5) is 5.69 Å². The summed E-state index contributed by atoms with van der Waals surface area (Å²) in [6, 6.07) is 10.4. The van der Waals surface area contributed by atoms with E-state index in [1.165, 1.54) is 25.3 Å². The number of benzene rings is 2. The fourth-order valence-corrected chi connectivity index (χ4v) is 1.76. The van der Waals surface area contributed by atoms with E-state index in [4.69, 9.17) is 9.84 Å². The molecule has 1 amide bonds. The third kappa shape index (κ3) is 3.30. The Morgan fingerprint density at radius 2 is 1.90 bits per heavy atom. The maximum Gasteiger partial charge on any atom is 0.339 e. The molecule has 0 aliphatic heterocycles. The first-order valence-corrected chi connectivity index (χ1v) is 6.03. The number of carboxylic acid groups (broad SMARTS) is 1. The van der Waals surface area contributed by atoms with Gasteiger partial charge in [0.05, 0.1) is 7.11 Å². The highest BCUT2D eigenvalue weighted by Gasteiger charge is 2.12. The van der Waals surface area contributed by atoms with Crippen molar-refractivity contribution in [2.45, 2.75) is 0 Å². The third-order valence-corrected chi connectivity index (χ3v) is 2.82. The zero-order valence-electron chi connectivity index (χ0n) is 11.2. The molecule has 2 aromatic rings. The summed E-state index contributed by atoms with van der Waals surface area (Å²) >= 11 is 0. The minimum absolute atomic E-state index is 0.227. The van der Waals surface area contributed by atoms with Gasteiger partial charge in [0.1, 0.15) is 17.1 Å². The van der Waals surface area contributed by atoms with E-state index in [9.17, 15) is 14.7 Å². The number of methoxy groups -OCH3 is 1. The number of aromatic carboxylic acids is 1. The van der Waals surface area contributed by atoms with Crippen LogP contribution in [0.15, 0.2) is 42.5 Å². The summed E-state index contributed by atoms with van der Waals surface area (Å²) in [6.45, 7) is 0. The lowest BCUT2D eigenvalue weighted by Gasteiger charge is -2.08. The second kappa shape index (κ2) is 5.96. The molecule has 0 spiro atoms. The smallest absolute Gasteiger partial charge is 0.339 e. The van der Waals surface area contributed by atoms with Crippen LogP contribution in [0.5, 0.6) is 11.5 Å². The summed E-state index contributed by atoms with van der Waals surface area (Å²) in [5.41, 5.74) is 0.454. The van der Waals surface area contributed by atoms with Crippen LogP contribution in [0.25, 0.3) is 0 Å². The number of ether oxygens (including phenoxy) is 1. The highest BCUT2D eigenvalue weighted by Crippen LogP contribution is 2.22. The molecule has 0 aromatic heterocycles. The van der Waals surface area contributed by atoms with Crippen LogP contribution in [0.2, 0.25) is 0 Å². The van der Waals surface area contributed by atoms with Crippen molar-refractivity contribution in [2.24, 2.45) is 0 Å². The van der Waals surface area contributed by atoms with Gasteiger partial charge in [0, 0.05) is 17.3 Å². The molecule has 6 heteroatoms. The van der Waals surface area contributed by atoms with Crippen LogP contribution in [0.1, 0.15) is 20.7 Å². The lowest BCUT2D eigenvalue weighted by molar-refractivity contribution is 0.0693. The van der Waals surface area contributed by atoms with E-state index in [0.717, 1.165) is 0 Å². The van der Waals surface area contributed by atoms with Crippen LogP contribution in [-0.2, 0) is 0 Å². The van der Waals surface area contributed by atoms with Gasteiger partial charge in [0.25, 0.3) is 5.91 Å². The number of hydrogen-bond donors (Lipinski definition) is 3. The quantitative estimate of drug-likeness (QED) is 0.802. The molecule has 0 saturated heterocycles. The number of amides is 1. The predicted octanol–water partition coefficient (Wildman–Crippen LogP) is 2.35. The summed E-state index contributed by atoms with van der Waals surface area (Å²) in [5, 5.41) is 21.0. The van der Waals surface area contributed by atoms with Gasteiger partial charge >= 0.3 is 5.97 Å². The average molecular weight is 287 g/mol. The lowest BCUT2D eigenvalue weighted by atomic mass is 10.1. The van der Waals surface area contributed by atoms with Gasteiger partial charge in [-0.2, -0.15) is 0 Å². The summed E-state index contributed by atoms with van der Waals surface area (Å²) in [6.07, 6.45) is 0. The van der Waals surface area contributed by atoms with Crippen LogP contribution in [0.3, 0.4) is 0 Å². The number of carboxylic acids is 1. The number of anilines is 1. The maximum atomic E-state index is 12.0. The molecule has 6 nitrogen and oxygen atoms in total. The van der Waals surface area contributed by atoms with Crippen molar-refractivity contribution in [2.75, 3.05) is 12.4 Å². The van der Waals surface area contributed by atoms with Crippen molar-refractivity contribution in [3.63, 3.8) is 0 Å². The van der Waals surface area contributed by atoms with E-state index >= 15 is 0 Å². The number of phenols is 1. The number of carbonyl (C=O) groups excluding carboxylic acids is 1. The van der Waals surface area contributed by atoms with Crippen molar-refractivity contribution in [3.8, 4) is 11.5 Å². The van der Waals surface area contributed by atoms with Gasteiger partial charge in [-0.3, -0.25) is 4.79 Å². The van der Waals surface area contributed by atoms with Gasteiger partial charge in [-0.05, 0) is 30.3 Å². The van der Waals surface area contributed by atoms with E-state index in [2.05, 4.69) is 5.32 Å². The van der Waals surface area contributed by atoms with E-state index in [0.29, 0.717) is 17.0 Å². The lowest BCUT2D eigenvalue weighted by Crippen LogP contribution is -2.12. The Morgan fingerprint density at radius 3 is 2.52 bits per heavy atom. The Bertz CT molecular complexity index is 696. The molecular formula is C15H13NO5. The Balaban J connectivity index is 2.19. The topological polar surface area (TPSA) is 95.9 Å². The van der Waals surface area contributed by atoms with Crippen LogP contribution >= 0.6 is 0 Å². The SMILES string of the molecule is COc1cccc(C(=O)Nc2ccc(C(=O)O)c(O)c2)c1. The van der Waals surface area contributed by atoms with E-state index in [1.54, 1.807) is 24.3 Å². The molecule has 0 fully saturated rings. The van der Waals surface area contributed by atoms with E-state index in [1.807, 2.05) is 0 Å². The third-order valence-electron chi connectivity index (χ3n) is 2.82. The van der Waals surface area contributed by atoms with Gasteiger partial charge in [0.15, 0.2) is 0 Å². The molecule has 0 aliphatic rings. The monoisotopic (exact) mass is 287 g/mol. The molecule has 0 heterocycles. The van der Waals surface area contributed by atoms with Crippen molar-refractivity contribution in [1.29, 1.82) is 0 Å². The fraction of sp³-hybridized carbons (Fsp3) is 0.0667. The van der Waals surface area contributed by atoms with Crippen LogP contribution < -0.4 is 10.1 Å². The number of rotatable bonds is 4. The number of carbonyl (C=O) groups is 2. The van der Waals surface area contributed by atoms with Crippen molar-refractivity contribution >= 4 is 17.6 Å². The van der Waals surface area contributed by atoms with Crippen LogP contribution in [-0.4, -0.2) is 29.2 Å². The van der Waals surface area contributed by atoms with E-state index in [-0.39, 0.29) is 5.56 Å². The van der Waals surface area contributed by atoms with Crippen LogP contribution in [0, 0.1) is 0 Å². The molecule has 2 aromatic carbocycles. The first-order valence-electron chi connectivity index (χ1n) is 6.03. The second-order valence-electron chi connectivity index (χ2n) is 4.22. The minimum Gasteiger partial charge on any atom is -0.507 e. The zero-order valence-corrected chi connectivity index (χ0v) is 11.2. The Morgan fingerprint density at radius 1 is 1.14 bits per heavy atom. The molecule has 0 unspecified atom stereocenters. The average Bonchev–Trinajstić information content (AvgIpc) is 2.47. The molecule has 2 rings (SSSR count). The highest BCUT2D eigenvalue weighted by molar-refractivity contribution is 6.05. The molecule has 0 aliphatic carbocycles. The minimum atomic E-state index is -1.24. The Labute approximate surface area is 120 Å². The van der Waals surface area contributed by atoms with Gasteiger partial charge < -0.3 is 20.3 Å².